The lowest BCUT2D eigenvalue weighted by molar-refractivity contribution is -0.131. The Morgan fingerprint density at radius 3 is 2.75 bits per heavy atom. The molecule has 2 aliphatic rings. The molecule has 0 bridgehead atoms. The second kappa shape index (κ2) is 10.6. The number of rotatable bonds is 7. The Morgan fingerprint density at radius 1 is 1.32 bits per heavy atom. The molecule has 0 radical (unpaired) electrons. The normalized spacial score (nSPS) is 24.0. The van der Waals surface area contributed by atoms with Crippen LogP contribution in [0.1, 0.15) is 68.5 Å². The van der Waals surface area contributed by atoms with Gasteiger partial charge in [-0.2, -0.15) is 5.10 Å². The van der Waals surface area contributed by atoms with Crippen molar-refractivity contribution in [3.05, 3.63) is 64.6 Å². The summed E-state index contributed by atoms with van der Waals surface area (Å²) in [5.74, 6) is -4.76. The van der Waals surface area contributed by atoms with E-state index in [0.717, 1.165) is 48.7 Å². The molecule has 0 aliphatic carbocycles. The van der Waals surface area contributed by atoms with Crippen LogP contribution in [0.2, 0.25) is 0 Å². The fraction of sp³-hybridized carbons (Fsp3) is 0.467. The van der Waals surface area contributed by atoms with Crippen LogP contribution in [0.3, 0.4) is 0 Å². The highest BCUT2D eigenvalue weighted by atomic mass is 19.3. The Labute approximate surface area is 231 Å². The maximum Gasteiger partial charge on any atom is 0.328 e. The van der Waals surface area contributed by atoms with Gasteiger partial charge in [0.25, 0.3) is 5.92 Å². The number of nitrogens with zero attached hydrogens (tertiary/aromatic N) is 3. The predicted molar refractivity (Wildman–Crippen MR) is 145 cm³/mol. The van der Waals surface area contributed by atoms with Crippen LogP contribution in [0, 0.1) is 5.82 Å². The van der Waals surface area contributed by atoms with Gasteiger partial charge in [0.2, 0.25) is 0 Å². The number of hydrogen-bond donors (Lipinski definition) is 1. The van der Waals surface area contributed by atoms with E-state index < -0.39 is 29.8 Å². The molecule has 3 heterocycles. The van der Waals surface area contributed by atoms with Crippen molar-refractivity contribution in [1.29, 1.82) is 0 Å². The number of carbonyl (C=O) groups is 1. The highest BCUT2D eigenvalue weighted by Crippen LogP contribution is 2.50. The summed E-state index contributed by atoms with van der Waals surface area (Å²) in [6.07, 6.45) is 7.17. The van der Waals surface area contributed by atoms with Crippen LogP contribution in [0.15, 0.2) is 36.5 Å². The van der Waals surface area contributed by atoms with Crippen LogP contribution in [-0.2, 0) is 21.5 Å². The topological polar surface area (TPSA) is 76.8 Å². The van der Waals surface area contributed by atoms with Crippen LogP contribution in [-0.4, -0.2) is 58.0 Å². The van der Waals surface area contributed by atoms with Gasteiger partial charge >= 0.3 is 5.97 Å². The molecular formula is C30H34F3N3O4. The second-order valence-electron chi connectivity index (χ2n) is 11.0. The van der Waals surface area contributed by atoms with Crippen LogP contribution < -0.4 is 4.74 Å². The first-order valence-corrected chi connectivity index (χ1v) is 13.5. The molecule has 40 heavy (non-hydrogen) atoms. The van der Waals surface area contributed by atoms with E-state index in [4.69, 9.17) is 14.6 Å². The van der Waals surface area contributed by atoms with Crippen molar-refractivity contribution in [2.75, 3.05) is 20.3 Å². The average molecular weight is 558 g/mol. The lowest BCUT2D eigenvalue weighted by atomic mass is 9.73. The predicted octanol–water partition coefficient (Wildman–Crippen LogP) is 6.15. The first-order valence-electron chi connectivity index (χ1n) is 13.5. The Bertz CT molecular complexity index is 1460. The first-order chi connectivity index (χ1) is 18.9. The van der Waals surface area contributed by atoms with Crippen LogP contribution in [0.25, 0.3) is 17.0 Å². The number of aromatic nitrogens is 2. The van der Waals surface area contributed by atoms with Gasteiger partial charge in [0.05, 0.1) is 36.5 Å². The third-order valence-corrected chi connectivity index (χ3v) is 8.10. The molecule has 1 fully saturated rings. The van der Waals surface area contributed by atoms with Crippen LogP contribution in [0.5, 0.6) is 5.75 Å². The number of carboxylic acid groups (broad SMARTS) is 1. The van der Waals surface area contributed by atoms with Crippen molar-refractivity contribution in [3.8, 4) is 5.75 Å². The third-order valence-electron chi connectivity index (χ3n) is 8.10. The molecule has 214 valence electrons. The Morgan fingerprint density at radius 2 is 2.10 bits per heavy atom. The third kappa shape index (κ3) is 4.99. The van der Waals surface area contributed by atoms with E-state index in [1.165, 1.54) is 25.3 Å². The number of benzene rings is 2. The second-order valence-corrected chi connectivity index (χ2v) is 11.0. The smallest absolute Gasteiger partial charge is 0.328 e. The quantitative estimate of drug-likeness (QED) is 0.352. The number of halogens is 3. The van der Waals surface area contributed by atoms with Gasteiger partial charge in [-0.15, -0.1) is 0 Å². The molecule has 2 aromatic carbocycles. The zero-order valence-corrected chi connectivity index (χ0v) is 23.1. The molecule has 1 N–H and O–H groups in total. The standard InChI is InChI=1S/C30H34F3N3O4/c1-18-13-20-21-16-34-36(26-7-5-6-12-40-26)24(21)10-9-22(20)30(3,35(18)17-29(2,32)33)28-23(31)14-19(8-11-27(37)38)15-25(28)39-4/h8-11,14-16,18,26H,5-7,12-13,17H2,1-4H3,(H,37,38)/b11-8+/t18-,26?,30-/m1/s1. The lowest BCUT2D eigenvalue weighted by Gasteiger charge is -2.51. The number of alkyl halides is 2. The summed E-state index contributed by atoms with van der Waals surface area (Å²) >= 11 is 0. The zero-order chi connectivity index (χ0) is 28.8. The van der Waals surface area contributed by atoms with E-state index in [1.54, 1.807) is 18.0 Å². The Hall–Kier alpha value is -3.37. The lowest BCUT2D eigenvalue weighted by Crippen LogP contribution is -2.57. The summed E-state index contributed by atoms with van der Waals surface area (Å²) in [7, 11) is 1.38. The van der Waals surface area contributed by atoms with Crippen LogP contribution in [0.4, 0.5) is 13.2 Å². The fourth-order valence-electron chi connectivity index (χ4n) is 6.39. The fourth-order valence-corrected chi connectivity index (χ4v) is 6.39. The molecule has 10 heteroatoms. The van der Waals surface area contributed by atoms with E-state index >= 15 is 4.39 Å². The average Bonchev–Trinajstić information content (AvgIpc) is 3.34. The van der Waals surface area contributed by atoms with Crippen LogP contribution >= 0.6 is 0 Å². The number of fused-ring (bicyclic) bond motifs is 3. The van der Waals surface area contributed by atoms with Gasteiger partial charge < -0.3 is 14.6 Å². The summed E-state index contributed by atoms with van der Waals surface area (Å²) in [5.41, 5.74) is 1.55. The van der Waals surface area contributed by atoms with E-state index in [1.807, 2.05) is 23.7 Å². The maximum absolute atomic E-state index is 16.1. The number of hydrogen-bond acceptors (Lipinski definition) is 5. The van der Waals surface area contributed by atoms with Crippen molar-refractivity contribution in [2.45, 2.75) is 70.2 Å². The molecule has 3 aromatic rings. The molecule has 3 atom stereocenters. The number of aliphatic carboxylic acids is 1. The van der Waals surface area contributed by atoms with Crippen molar-refractivity contribution < 1.29 is 32.5 Å². The van der Waals surface area contributed by atoms with Crippen molar-refractivity contribution in [2.24, 2.45) is 0 Å². The highest BCUT2D eigenvalue weighted by molar-refractivity contribution is 5.86. The number of methoxy groups -OCH3 is 1. The van der Waals surface area contributed by atoms with Gasteiger partial charge in [0.1, 0.15) is 11.6 Å². The summed E-state index contributed by atoms with van der Waals surface area (Å²) in [6.45, 7) is 4.56. The molecule has 1 unspecified atom stereocenters. The van der Waals surface area contributed by atoms with Gasteiger partial charge in [0, 0.05) is 31.0 Å². The van der Waals surface area contributed by atoms with Gasteiger partial charge in [-0.25, -0.2) is 22.6 Å². The maximum atomic E-state index is 16.1. The SMILES string of the molecule is COc1cc(/C=C/C(=O)O)cc(F)c1[C@@]1(C)c2ccc3c(cnn3C3CCCCO3)c2C[C@@H](C)N1CC(C)(F)F. The molecule has 1 saturated heterocycles. The Balaban J connectivity index is 1.73. The monoisotopic (exact) mass is 557 g/mol. The molecule has 5 rings (SSSR count). The number of carboxylic acids is 1. The molecule has 0 saturated carbocycles. The Kier molecular flexibility index (Phi) is 7.43. The van der Waals surface area contributed by atoms with Gasteiger partial charge in [0.15, 0.2) is 6.23 Å². The van der Waals surface area contributed by atoms with Crippen molar-refractivity contribution in [1.82, 2.24) is 14.7 Å². The zero-order valence-electron chi connectivity index (χ0n) is 23.1. The van der Waals surface area contributed by atoms with Gasteiger partial charge in [-0.1, -0.05) is 6.07 Å². The van der Waals surface area contributed by atoms with E-state index in [0.29, 0.717) is 18.6 Å². The largest absolute Gasteiger partial charge is 0.496 e. The summed E-state index contributed by atoms with van der Waals surface area (Å²) in [6, 6.07) is 6.15. The van der Waals surface area contributed by atoms with Crippen molar-refractivity contribution in [3.63, 3.8) is 0 Å². The van der Waals surface area contributed by atoms with E-state index in [-0.39, 0.29) is 29.1 Å². The number of ether oxygens (including phenoxy) is 2. The minimum atomic E-state index is -3.05. The van der Waals surface area contributed by atoms with Gasteiger partial charge in [-0.3, -0.25) is 4.90 Å². The molecule has 7 nitrogen and oxygen atoms in total. The molecule has 1 aromatic heterocycles. The molecule has 0 spiro atoms. The summed E-state index contributed by atoms with van der Waals surface area (Å²) < 4.78 is 58.9. The summed E-state index contributed by atoms with van der Waals surface area (Å²) in [4.78, 5) is 12.7. The van der Waals surface area contributed by atoms with Gasteiger partial charge in [-0.05, 0) is 80.5 Å². The molecular weight excluding hydrogens is 523 g/mol. The van der Waals surface area contributed by atoms with E-state index in [2.05, 4.69) is 5.10 Å². The molecule has 2 aliphatic heterocycles. The van der Waals surface area contributed by atoms with E-state index in [9.17, 15) is 13.6 Å². The van der Waals surface area contributed by atoms with Crippen molar-refractivity contribution >= 4 is 22.9 Å². The highest BCUT2D eigenvalue weighted by Gasteiger charge is 2.49. The summed E-state index contributed by atoms with van der Waals surface area (Å²) in [5, 5.41) is 14.6. The minimum absolute atomic E-state index is 0.113. The first kappa shape index (κ1) is 28.2. The minimum Gasteiger partial charge on any atom is -0.496 e. The molecule has 0 amide bonds.